The molecule has 1 aromatic heterocycles. The molecule has 0 aliphatic heterocycles. The number of hydrogen-bond donors (Lipinski definition) is 1. The quantitative estimate of drug-likeness (QED) is 0.342. The van der Waals surface area contributed by atoms with Gasteiger partial charge in [-0.2, -0.15) is 0 Å². The number of carbonyl (C=O) groups excluding carboxylic acids is 1. The Bertz CT molecular complexity index is 1240. The number of ether oxygens (including phenoxy) is 1. The average Bonchev–Trinajstić information content (AvgIpc) is 3.13. The van der Waals surface area contributed by atoms with E-state index in [-0.39, 0.29) is 12.5 Å². The third-order valence-electron chi connectivity index (χ3n) is 4.91. The van der Waals surface area contributed by atoms with Crippen molar-refractivity contribution >= 4 is 51.7 Å². The van der Waals surface area contributed by atoms with E-state index in [1.54, 1.807) is 30.3 Å². The molecule has 0 aliphatic carbocycles. The highest BCUT2D eigenvalue weighted by atomic mass is 35.5. The lowest BCUT2D eigenvalue weighted by atomic mass is 10.2. The summed E-state index contributed by atoms with van der Waals surface area (Å²) in [5.41, 5.74) is 2.94. The number of nitrogens with zero attached hydrogens (tertiary/aromatic N) is 2. The number of aromatic nitrogens is 2. The fourth-order valence-electron chi connectivity index (χ4n) is 3.36. The van der Waals surface area contributed by atoms with Crippen molar-refractivity contribution in [3.8, 4) is 5.75 Å². The zero-order valence-electron chi connectivity index (χ0n) is 17.0. The Balaban J connectivity index is 1.41. The SMILES string of the molecule is O=C(COc1ccc(Cl)cc1)NCCc1nc2ccccc2n1Cc1ccc(Cl)c(Cl)c1. The van der Waals surface area contributed by atoms with Crippen LogP contribution in [0.15, 0.2) is 66.7 Å². The van der Waals surface area contributed by atoms with Gasteiger partial charge in [-0.15, -0.1) is 0 Å². The van der Waals surface area contributed by atoms with Gasteiger partial charge in [0.15, 0.2) is 6.61 Å². The third kappa shape index (κ3) is 5.54. The van der Waals surface area contributed by atoms with Gasteiger partial charge in [0.25, 0.3) is 5.91 Å². The lowest BCUT2D eigenvalue weighted by Crippen LogP contribution is -2.31. The molecular formula is C24H20Cl3N3O2. The molecule has 1 N–H and O–H groups in total. The Hall–Kier alpha value is -2.73. The normalized spacial score (nSPS) is 11.0. The van der Waals surface area contributed by atoms with E-state index < -0.39 is 0 Å². The fourth-order valence-corrected chi connectivity index (χ4v) is 3.80. The van der Waals surface area contributed by atoms with Crippen LogP contribution < -0.4 is 10.1 Å². The van der Waals surface area contributed by atoms with Crippen molar-refractivity contribution in [3.05, 3.63) is 93.2 Å². The van der Waals surface area contributed by atoms with Crippen LogP contribution in [-0.2, 0) is 17.8 Å². The largest absolute Gasteiger partial charge is 0.484 e. The number of rotatable bonds is 8. The molecule has 0 saturated heterocycles. The summed E-state index contributed by atoms with van der Waals surface area (Å²) in [4.78, 5) is 16.9. The van der Waals surface area contributed by atoms with Gasteiger partial charge < -0.3 is 14.6 Å². The minimum absolute atomic E-state index is 0.0681. The van der Waals surface area contributed by atoms with Crippen molar-refractivity contribution in [2.24, 2.45) is 0 Å². The van der Waals surface area contributed by atoms with Gasteiger partial charge in [-0.25, -0.2) is 4.98 Å². The van der Waals surface area contributed by atoms with Crippen LogP contribution in [0.25, 0.3) is 11.0 Å². The van der Waals surface area contributed by atoms with Crippen LogP contribution >= 0.6 is 34.8 Å². The summed E-state index contributed by atoms with van der Waals surface area (Å²) in [6, 6.07) is 20.4. The van der Waals surface area contributed by atoms with Gasteiger partial charge in [-0.3, -0.25) is 4.79 Å². The van der Waals surface area contributed by atoms with Crippen molar-refractivity contribution in [1.82, 2.24) is 14.9 Å². The van der Waals surface area contributed by atoms with E-state index in [2.05, 4.69) is 9.88 Å². The maximum atomic E-state index is 12.2. The molecule has 0 fully saturated rings. The first kappa shape index (κ1) is 22.5. The maximum Gasteiger partial charge on any atom is 0.257 e. The molecule has 1 heterocycles. The lowest BCUT2D eigenvalue weighted by Gasteiger charge is -2.11. The Labute approximate surface area is 200 Å². The summed E-state index contributed by atoms with van der Waals surface area (Å²) in [7, 11) is 0. The molecule has 3 aromatic carbocycles. The first-order valence-electron chi connectivity index (χ1n) is 10.0. The number of hydrogen-bond acceptors (Lipinski definition) is 3. The summed E-state index contributed by atoms with van der Waals surface area (Å²) >= 11 is 18.1. The number of nitrogens with one attached hydrogen (secondary N) is 1. The van der Waals surface area contributed by atoms with Gasteiger partial charge >= 0.3 is 0 Å². The Morgan fingerprint density at radius 1 is 0.969 bits per heavy atom. The molecule has 0 unspecified atom stereocenters. The second-order valence-electron chi connectivity index (χ2n) is 7.19. The molecule has 4 rings (SSSR count). The molecule has 0 radical (unpaired) electrons. The molecule has 164 valence electrons. The smallest absolute Gasteiger partial charge is 0.257 e. The lowest BCUT2D eigenvalue weighted by molar-refractivity contribution is -0.123. The molecule has 1 amide bonds. The molecule has 0 spiro atoms. The van der Waals surface area contributed by atoms with Crippen molar-refractivity contribution in [3.63, 3.8) is 0 Å². The van der Waals surface area contributed by atoms with E-state index in [1.807, 2.05) is 36.4 Å². The average molecular weight is 489 g/mol. The highest BCUT2D eigenvalue weighted by molar-refractivity contribution is 6.42. The van der Waals surface area contributed by atoms with Gasteiger partial charge in [0.1, 0.15) is 11.6 Å². The Morgan fingerprint density at radius 3 is 2.53 bits per heavy atom. The predicted octanol–water partition coefficient (Wildman–Crippen LogP) is 5.78. The van der Waals surface area contributed by atoms with Crippen molar-refractivity contribution < 1.29 is 9.53 Å². The molecule has 4 aromatic rings. The van der Waals surface area contributed by atoms with Gasteiger partial charge in [-0.05, 0) is 54.1 Å². The second kappa shape index (κ2) is 10.3. The Morgan fingerprint density at radius 2 is 1.75 bits per heavy atom. The van der Waals surface area contributed by atoms with E-state index >= 15 is 0 Å². The van der Waals surface area contributed by atoms with Gasteiger partial charge in [0, 0.05) is 24.5 Å². The highest BCUT2D eigenvalue weighted by Gasteiger charge is 2.12. The Kier molecular flexibility index (Phi) is 7.20. The number of halogens is 3. The summed E-state index contributed by atoms with van der Waals surface area (Å²) in [6.07, 6.45) is 0.572. The molecule has 0 aliphatic rings. The van der Waals surface area contributed by atoms with E-state index in [1.165, 1.54) is 0 Å². The van der Waals surface area contributed by atoms with Crippen LogP contribution in [-0.4, -0.2) is 28.6 Å². The summed E-state index contributed by atoms with van der Waals surface area (Å²) in [5.74, 6) is 1.26. The number of para-hydroxylation sites is 2. The number of fused-ring (bicyclic) bond motifs is 1. The monoisotopic (exact) mass is 487 g/mol. The third-order valence-corrected chi connectivity index (χ3v) is 5.90. The van der Waals surface area contributed by atoms with Crippen LogP contribution in [0.1, 0.15) is 11.4 Å². The number of carbonyl (C=O) groups is 1. The van der Waals surface area contributed by atoms with Gasteiger partial charge in [0.2, 0.25) is 0 Å². The summed E-state index contributed by atoms with van der Waals surface area (Å²) in [5, 5.41) is 4.54. The van der Waals surface area contributed by atoms with Crippen molar-refractivity contribution in [2.75, 3.05) is 13.2 Å². The van der Waals surface area contributed by atoms with Crippen LogP contribution in [0.3, 0.4) is 0 Å². The zero-order valence-corrected chi connectivity index (χ0v) is 19.3. The minimum atomic E-state index is -0.202. The standard InChI is InChI=1S/C24H20Cl3N3O2/c25-17-6-8-18(9-7-17)32-15-24(31)28-12-11-23-29-21-3-1-2-4-22(21)30(23)14-16-5-10-19(26)20(27)13-16/h1-10,13H,11-12,14-15H2,(H,28,31). The summed E-state index contributed by atoms with van der Waals surface area (Å²) < 4.78 is 7.61. The van der Waals surface area contributed by atoms with Crippen LogP contribution in [0, 0.1) is 0 Å². The molecule has 0 saturated carbocycles. The van der Waals surface area contributed by atoms with Gasteiger partial charge in [-0.1, -0.05) is 53.0 Å². The van der Waals surface area contributed by atoms with Crippen molar-refractivity contribution in [1.29, 1.82) is 0 Å². The van der Waals surface area contributed by atoms with Crippen LogP contribution in [0.4, 0.5) is 0 Å². The molecule has 0 atom stereocenters. The number of benzene rings is 3. The van der Waals surface area contributed by atoms with Crippen LogP contribution in [0.5, 0.6) is 5.75 Å². The van der Waals surface area contributed by atoms with E-state index in [9.17, 15) is 4.79 Å². The van der Waals surface area contributed by atoms with E-state index in [0.717, 1.165) is 22.4 Å². The minimum Gasteiger partial charge on any atom is -0.484 e. The highest BCUT2D eigenvalue weighted by Crippen LogP contribution is 2.25. The van der Waals surface area contributed by atoms with Crippen LogP contribution in [0.2, 0.25) is 15.1 Å². The van der Waals surface area contributed by atoms with Crippen molar-refractivity contribution in [2.45, 2.75) is 13.0 Å². The molecule has 0 bridgehead atoms. The molecular weight excluding hydrogens is 469 g/mol. The van der Waals surface area contributed by atoms with Gasteiger partial charge in [0.05, 0.1) is 21.1 Å². The number of imidazole rings is 1. The second-order valence-corrected chi connectivity index (χ2v) is 8.44. The number of amides is 1. The predicted molar refractivity (Wildman–Crippen MR) is 129 cm³/mol. The van der Waals surface area contributed by atoms with E-state index in [0.29, 0.717) is 40.3 Å². The maximum absolute atomic E-state index is 12.2. The molecule has 8 heteroatoms. The first-order valence-corrected chi connectivity index (χ1v) is 11.2. The molecule has 32 heavy (non-hydrogen) atoms. The first-order chi connectivity index (χ1) is 15.5. The van der Waals surface area contributed by atoms with E-state index in [4.69, 9.17) is 44.5 Å². The fraction of sp³-hybridized carbons (Fsp3) is 0.167. The summed E-state index contributed by atoms with van der Waals surface area (Å²) in [6.45, 7) is 0.967. The molecule has 5 nitrogen and oxygen atoms in total. The zero-order chi connectivity index (χ0) is 22.5. The topological polar surface area (TPSA) is 56.1 Å².